The summed E-state index contributed by atoms with van der Waals surface area (Å²) < 4.78 is 13.6. The molecule has 0 aromatic heterocycles. The van der Waals surface area contributed by atoms with Crippen molar-refractivity contribution in [1.82, 2.24) is 0 Å². The van der Waals surface area contributed by atoms with Gasteiger partial charge in [0.05, 0.1) is 0 Å². The molecule has 1 atom stereocenters. The molecule has 0 heterocycles. The molecule has 86 valence electrons. The number of benzene rings is 1. The Morgan fingerprint density at radius 2 is 2.12 bits per heavy atom. The molecular weight excluding hydrogens is 203 g/mol. The van der Waals surface area contributed by atoms with Gasteiger partial charge in [-0.25, -0.2) is 4.39 Å². The predicted octanol–water partition coefficient (Wildman–Crippen LogP) is 1.83. The van der Waals surface area contributed by atoms with E-state index in [2.05, 4.69) is 0 Å². The van der Waals surface area contributed by atoms with Crippen LogP contribution in [-0.4, -0.2) is 12.6 Å². The molecule has 1 aromatic carbocycles. The van der Waals surface area contributed by atoms with Crippen molar-refractivity contribution in [1.29, 1.82) is 0 Å². The van der Waals surface area contributed by atoms with Crippen molar-refractivity contribution in [3.8, 4) is 0 Å². The Labute approximate surface area is 95.1 Å². The largest absolute Gasteiger partial charge is 0.329 e. The highest BCUT2D eigenvalue weighted by Crippen LogP contribution is 2.27. The minimum absolute atomic E-state index is 0.0143. The summed E-state index contributed by atoms with van der Waals surface area (Å²) in [7, 11) is 0. The summed E-state index contributed by atoms with van der Waals surface area (Å²) in [6, 6.07) is 5.23. The molecule has 0 fully saturated rings. The van der Waals surface area contributed by atoms with Crippen LogP contribution in [-0.2, 0) is 6.42 Å². The SMILES string of the molecule is NCC(N)CC1=Cc2c(F)cccc2CC1. The summed E-state index contributed by atoms with van der Waals surface area (Å²) in [5.41, 5.74) is 14.3. The Kier molecular flexibility index (Phi) is 3.36. The lowest BCUT2D eigenvalue weighted by Gasteiger charge is -2.19. The second kappa shape index (κ2) is 4.76. The minimum Gasteiger partial charge on any atom is -0.329 e. The Hall–Kier alpha value is -1.19. The van der Waals surface area contributed by atoms with Gasteiger partial charge in [-0.3, -0.25) is 0 Å². The van der Waals surface area contributed by atoms with Crippen molar-refractivity contribution in [2.24, 2.45) is 11.5 Å². The van der Waals surface area contributed by atoms with Crippen LogP contribution in [0.4, 0.5) is 4.39 Å². The molecule has 0 bridgehead atoms. The lowest BCUT2D eigenvalue weighted by Crippen LogP contribution is -2.30. The van der Waals surface area contributed by atoms with Crippen LogP contribution < -0.4 is 11.5 Å². The summed E-state index contributed by atoms with van der Waals surface area (Å²) in [6.45, 7) is 0.474. The van der Waals surface area contributed by atoms with E-state index in [9.17, 15) is 4.39 Å². The summed E-state index contributed by atoms with van der Waals surface area (Å²) in [5, 5.41) is 0. The van der Waals surface area contributed by atoms with Crippen LogP contribution in [0.1, 0.15) is 24.0 Å². The molecule has 2 nitrogen and oxygen atoms in total. The first-order chi connectivity index (χ1) is 7.70. The van der Waals surface area contributed by atoms with E-state index in [1.165, 1.54) is 11.6 Å². The van der Waals surface area contributed by atoms with E-state index in [0.29, 0.717) is 6.54 Å². The van der Waals surface area contributed by atoms with Crippen molar-refractivity contribution in [3.63, 3.8) is 0 Å². The molecule has 1 aromatic rings. The van der Waals surface area contributed by atoms with Gasteiger partial charge in [-0.1, -0.05) is 23.8 Å². The van der Waals surface area contributed by atoms with Gasteiger partial charge in [0.1, 0.15) is 5.82 Å². The third-order valence-corrected chi connectivity index (χ3v) is 3.03. The third-order valence-electron chi connectivity index (χ3n) is 3.03. The Morgan fingerprint density at radius 1 is 1.31 bits per heavy atom. The molecule has 0 saturated carbocycles. The van der Waals surface area contributed by atoms with Gasteiger partial charge in [-0.2, -0.15) is 0 Å². The molecule has 4 N–H and O–H groups in total. The molecule has 0 saturated heterocycles. The van der Waals surface area contributed by atoms with Crippen molar-refractivity contribution < 1.29 is 4.39 Å². The standard InChI is InChI=1S/C13H17FN2/c14-13-3-1-2-10-5-4-9(7-12(10)13)6-11(16)8-15/h1-3,7,11H,4-6,8,15-16H2. The van der Waals surface area contributed by atoms with Gasteiger partial charge < -0.3 is 11.5 Å². The van der Waals surface area contributed by atoms with E-state index in [0.717, 1.165) is 30.4 Å². The molecule has 1 unspecified atom stereocenters. The van der Waals surface area contributed by atoms with Crippen molar-refractivity contribution in [2.45, 2.75) is 25.3 Å². The summed E-state index contributed by atoms with van der Waals surface area (Å²) in [6.07, 6.45) is 4.56. The Morgan fingerprint density at radius 3 is 2.88 bits per heavy atom. The predicted molar refractivity (Wildman–Crippen MR) is 64.3 cm³/mol. The Bertz CT molecular complexity index is 412. The van der Waals surface area contributed by atoms with Crippen molar-refractivity contribution >= 4 is 6.08 Å². The first-order valence-corrected chi connectivity index (χ1v) is 5.63. The number of halogens is 1. The van der Waals surface area contributed by atoms with Gasteiger partial charge in [0.15, 0.2) is 0 Å². The number of hydrogen-bond donors (Lipinski definition) is 2. The van der Waals surface area contributed by atoms with Gasteiger partial charge in [0.2, 0.25) is 0 Å². The zero-order chi connectivity index (χ0) is 11.5. The van der Waals surface area contributed by atoms with Crippen LogP contribution in [0.25, 0.3) is 6.08 Å². The molecule has 0 radical (unpaired) electrons. The molecular formula is C13H17FN2. The van der Waals surface area contributed by atoms with E-state index in [1.807, 2.05) is 12.1 Å². The van der Waals surface area contributed by atoms with Gasteiger partial charge in [0.25, 0.3) is 0 Å². The highest BCUT2D eigenvalue weighted by atomic mass is 19.1. The fourth-order valence-corrected chi connectivity index (χ4v) is 2.11. The lowest BCUT2D eigenvalue weighted by molar-refractivity contribution is 0.616. The maximum Gasteiger partial charge on any atom is 0.130 e. The van der Waals surface area contributed by atoms with Gasteiger partial charge in [0, 0.05) is 18.2 Å². The summed E-state index contributed by atoms with van der Waals surface area (Å²) in [4.78, 5) is 0. The normalized spacial score (nSPS) is 16.6. The molecule has 3 heteroatoms. The van der Waals surface area contributed by atoms with Crippen LogP contribution in [0.3, 0.4) is 0 Å². The van der Waals surface area contributed by atoms with Crippen LogP contribution in [0, 0.1) is 5.82 Å². The second-order valence-electron chi connectivity index (χ2n) is 4.32. The molecule has 0 spiro atoms. The van der Waals surface area contributed by atoms with Gasteiger partial charge in [-0.15, -0.1) is 0 Å². The van der Waals surface area contributed by atoms with Crippen LogP contribution in [0.2, 0.25) is 0 Å². The van der Waals surface area contributed by atoms with Crippen LogP contribution in [0.15, 0.2) is 23.8 Å². The quantitative estimate of drug-likeness (QED) is 0.816. The third kappa shape index (κ3) is 2.31. The zero-order valence-electron chi connectivity index (χ0n) is 9.25. The second-order valence-corrected chi connectivity index (χ2v) is 4.32. The average molecular weight is 220 g/mol. The number of aryl methyl sites for hydroxylation is 1. The minimum atomic E-state index is -0.143. The molecule has 16 heavy (non-hydrogen) atoms. The zero-order valence-corrected chi connectivity index (χ0v) is 9.25. The maximum atomic E-state index is 13.6. The number of hydrogen-bond acceptors (Lipinski definition) is 2. The number of rotatable bonds is 3. The van der Waals surface area contributed by atoms with Crippen LogP contribution in [0.5, 0.6) is 0 Å². The molecule has 0 amide bonds. The number of fused-ring (bicyclic) bond motifs is 1. The van der Waals surface area contributed by atoms with Crippen molar-refractivity contribution in [3.05, 3.63) is 40.7 Å². The first-order valence-electron chi connectivity index (χ1n) is 5.63. The molecule has 1 aliphatic carbocycles. The molecule has 0 aliphatic heterocycles. The number of nitrogens with two attached hydrogens (primary N) is 2. The fraction of sp³-hybridized carbons (Fsp3) is 0.385. The molecule has 1 aliphatic rings. The van der Waals surface area contributed by atoms with E-state index in [1.54, 1.807) is 6.07 Å². The monoisotopic (exact) mass is 220 g/mol. The van der Waals surface area contributed by atoms with Crippen molar-refractivity contribution in [2.75, 3.05) is 6.54 Å². The van der Waals surface area contributed by atoms with E-state index < -0.39 is 0 Å². The van der Waals surface area contributed by atoms with Gasteiger partial charge in [-0.05, 0) is 30.9 Å². The first kappa shape index (κ1) is 11.3. The average Bonchev–Trinajstić information content (AvgIpc) is 2.30. The van der Waals surface area contributed by atoms with E-state index in [4.69, 9.17) is 11.5 Å². The highest BCUT2D eigenvalue weighted by Gasteiger charge is 2.14. The highest BCUT2D eigenvalue weighted by molar-refractivity contribution is 5.60. The fourth-order valence-electron chi connectivity index (χ4n) is 2.11. The van der Waals surface area contributed by atoms with E-state index in [-0.39, 0.29) is 11.9 Å². The van der Waals surface area contributed by atoms with Gasteiger partial charge >= 0.3 is 0 Å². The maximum absolute atomic E-state index is 13.6. The molecule has 2 rings (SSSR count). The summed E-state index contributed by atoms with van der Waals surface area (Å²) >= 11 is 0. The Balaban J connectivity index is 2.23. The summed E-state index contributed by atoms with van der Waals surface area (Å²) in [5.74, 6) is -0.143. The van der Waals surface area contributed by atoms with E-state index >= 15 is 0 Å². The smallest absolute Gasteiger partial charge is 0.130 e. The lowest BCUT2D eigenvalue weighted by atomic mass is 9.89. The van der Waals surface area contributed by atoms with Crippen LogP contribution >= 0.6 is 0 Å². The topological polar surface area (TPSA) is 52.0 Å².